The monoisotopic (exact) mass is 501 g/mol. The Hall–Kier alpha value is -4.89. The van der Waals surface area contributed by atoms with E-state index < -0.39 is 0 Å². The molecular formula is C36H27N3. The number of aryl methyl sites for hydroxylation is 1. The van der Waals surface area contributed by atoms with E-state index in [1.807, 2.05) is 24.3 Å². The van der Waals surface area contributed by atoms with Crippen LogP contribution in [0.5, 0.6) is 0 Å². The Kier molecular flexibility index (Phi) is 5.82. The standard InChI is InChI=1S/C36H27N3/c1-24-17-19-27(20-18-24)33-30-22-21-29-31(25-11-5-2-6-12-25)23-32(26-13-7-3-8-14-26)37-34(29)35(30)39-36(38-33)28-15-9-4-10-16-28/h2-20,23H,21-22H2,1H3. The van der Waals surface area contributed by atoms with E-state index in [2.05, 4.69) is 104 Å². The number of hydrogen-bond donors (Lipinski definition) is 0. The van der Waals surface area contributed by atoms with E-state index in [0.29, 0.717) is 0 Å². The Bertz CT molecular complexity index is 1780. The molecule has 0 fully saturated rings. The van der Waals surface area contributed by atoms with E-state index in [0.717, 1.165) is 58.1 Å². The molecule has 186 valence electrons. The number of fused-ring (bicyclic) bond motifs is 3. The van der Waals surface area contributed by atoms with Gasteiger partial charge in [0.2, 0.25) is 0 Å². The lowest BCUT2D eigenvalue weighted by Gasteiger charge is -2.25. The fraction of sp³-hybridized carbons (Fsp3) is 0.0833. The van der Waals surface area contributed by atoms with Crippen LogP contribution < -0.4 is 0 Å². The number of rotatable bonds is 4. The molecule has 0 bridgehead atoms. The Labute approximate surface area is 228 Å². The van der Waals surface area contributed by atoms with Gasteiger partial charge in [-0.25, -0.2) is 15.0 Å². The van der Waals surface area contributed by atoms with Crippen molar-refractivity contribution in [1.82, 2.24) is 15.0 Å². The molecule has 1 aliphatic rings. The molecule has 7 rings (SSSR count). The van der Waals surface area contributed by atoms with Crippen molar-refractivity contribution in [3.63, 3.8) is 0 Å². The van der Waals surface area contributed by atoms with Crippen molar-refractivity contribution in [1.29, 1.82) is 0 Å². The van der Waals surface area contributed by atoms with Crippen LogP contribution in [0.4, 0.5) is 0 Å². The molecule has 1 aliphatic carbocycles. The molecule has 0 aliphatic heterocycles. The van der Waals surface area contributed by atoms with E-state index >= 15 is 0 Å². The summed E-state index contributed by atoms with van der Waals surface area (Å²) in [6, 6.07) is 42.2. The van der Waals surface area contributed by atoms with Gasteiger partial charge in [0.05, 0.1) is 22.8 Å². The molecule has 39 heavy (non-hydrogen) atoms. The van der Waals surface area contributed by atoms with E-state index in [4.69, 9.17) is 15.0 Å². The third-order valence-corrected chi connectivity index (χ3v) is 7.49. The number of hydrogen-bond acceptors (Lipinski definition) is 3. The van der Waals surface area contributed by atoms with E-state index in [-0.39, 0.29) is 0 Å². The average Bonchev–Trinajstić information content (AvgIpc) is 3.01. The molecule has 0 saturated carbocycles. The predicted octanol–water partition coefficient (Wildman–Crippen LogP) is 8.61. The summed E-state index contributed by atoms with van der Waals surface area (Å²) in [6.07, 6.45) is 1.76. The van der Waals surface area contributed by atoms with Gasteiger partial charge in [-0.1, -0.05) is 121 Å². The molecule has 0 radical (unpaired) electrons. The number of nitrogens with zero attached hydrogens (tertiary/aromatic N) is 3. The Morgan fingerprint density at radius 1 is 0.462 bits per heavy atom. The van der Waals surface area contributed by atoms with Crippen LogP contribution in [0.2, 0.25) is 0 Å². The largest absolute Gasteiger partial charge is 0.246 e. The fourth-order valence-corrected chi connectivity index (χ4v) is 5.49. The molecule has 0 N–H and O–H groups in total. The highest BCUT2D eigenvalue weighted by molar-refractivity contribution is 5.85. The second-order valence-electron chi connectivity index (χ2n) is 10.1. The SMILES string of the molecule is Cc1ccc(-c2nc(-c3ccccc3)nc3c2CCc2c(-c4ccccc4)cc(-c4ccccc4)nc2-3)cc1. The lowest BCUT2D eigenvalue weighted by atomic mass is 9.84. The Morgan fingerprint density at radius 3 is 1.67 bits per heavy atom. The number of benzene rings is 4. The van der Waals surface area contributed by atoms with E-state index in [9.17, 15) is 0 Å². The first-order valence-electron chi connectivity index (χ1n) is 13.4. The lowest BCUT2D eigenvalue weighted by molar-refractivity contribution is 0.904. The van der Waals surface area contributed by atoms with Gasteiger partial charge in [-0.15, -0.1) is 0 Å². The summed E-state index contributed by atoms with van der Waals surface area (Å²) in [5, 5.41) is 0. The van der Waals surface area contributed by atoms with Crippen molar-refractivity contribution in [2.75, 3.05) is 0 Å². The van der Waals surface area contributed by atoms with E-state index in [1.165, 1.54) is 27.8 Å². The maximum absolute atomic E-state index is 5.30. The molecule has 0 atom stereocenters. The Morgan fingerprint density at radius 2 is 1.00 bits per heavy atom. The number of aromatic nitrogens is 3. The third-order valence-electron chi connectivity index (χ3n) is 7.49. The molecule has 0 unspecified atom stereocenters. The summed E-state index contributed by atoms with van der Waals surface area (Å²) in [5.74, 6) is 0.728. The van der Waals surface area contributed by atoms with Crippen molar-refractivity contribution in [3.8, 4) is 56.4 Å². The fourth-order valence-electron chi connectivity index (χ4n) is 5.49. The van der Waals surface area contributed by atoms with Gasteiger partial charge in [0, 0.05) is 22.3 Å². The van der Waals surface area contributed by atoms with E-state index in [1.54, 1.807) is 0 Å². The van der Waals surface area contributed by atoms with Gasteiger partial charge >= 0.3 is 0 Å². The number of pyridine rings is 1. The van der Waals surface area contributed by atoms with Crippen LogP contribution in [-0.2, 0) is 12.8 Å². The van der Waals surface area contributed by atoms with Gasteiger partial charge in [-0.3, -0.25) is 0 Å². The first kappa shape index (κ1) is 23.2. The molecule has 4 aromatic carbocycles. The van der Waals surface area contributed by atoms with Crippen molar-refractivity contribution >= 4 is 0 Å². The van der Waals surface area contributed by atoms with Gasteiger partial charge in [-0.05, 0) is 42.5 Å². The predicted molar refractivity (Wildman–Crippen MR) is 159 cm³/mol. The third kappa shape index (κ3) is 4.32. The maximum Gasteiger partial charge on any atom is 0.160 e. The second-order valence-corrected chi connectivity index (χ2v) is 10.1. The first-order valence-corrected chi connectivity index (χ1v) is 13.4. The molecule has 2 heterocycles. The molecular weight excluding hydrogens is 474 g/mol. The highest BCUT2D eigenvalue weighted by atomic mass is 14.9. The summed E-state index contributed by atoms with van der Waals surface area (Å²) >= 11 is 0. The molecule has 0 spiro atoms. The second kappa shape index (κ2) is 9.77. The van der Waals surface area contributed by atoms with Gasteiger partial charge in [0.1, 0.15) is 0 Å². The quantitative estimate of drug-likeness (QED) is 0.243. The van der Waals surface area contributed by atoms with Gasteiger partial charge in [0.25, 0.3) is 0 Å². The normalized spacial score (nSPS) is 12.0. The molecule has 2 aromatic heterocycles. The minimum absolute atomic E-state index is 0.728. The van der Waals surface area contributed by atoms with Gasteiger partial charge < -0.3 is 0 Å². The average molecular weight is 502 g/mol. The zero-order valence-corrected chi connectivity index (χ0v) is 21.8. The highest BCUT2D eigenvalue weighted by Gasteiger charge is 2.28. The van der Waals surface area contributed by atoms with Crippen molar-refractivity contribution in [2.24, 2.45) is 0 Å². The zero-order chi connectivity index (χ0) is 26.2. The summed E-state index contributed by atoms with van der Waals surface area (Å²) in [7, 11) is 0. The van der Waals surface area contributed by atoms with Crippen LogP contribution in [-0.4, -0.2) is 15.0 Å². The zero-order valence-electron chi connectivity index (χ0n) is 21.8. The minimum atomic E-state index is 0.728. The maximum atomic E-state index is 5.30. The van der Waals surface area contributed by atoms with Crippen LogP contribution in [0.15, 0.2) is 121 Å². The van der Waals surface area contributed by atoms with Gasteiger partial charge in [0.15, 0.2) is 5.82 Å². The summed E-state index contributed by atoms with van der Waals surface area (Å²) in [4.78, 5) is 15.7. The lowest BCUT2D eigenvalue weighted by Crippen LogP contribution is -2.13. The molecule has 3 nitrogen and oxygen atoms in total. The molecule has 6 aromatic rings. The topological polar surface area (TPSA) is 38.7 Å². The van der Waals surface area contributed by atoms with Crippen LogP contribution >= 0.6 is 0 Å². The smallest absolute Gasteiger partial charge is 0.160 e. The molecule has 0 saturated heterocycles. The van der Waals surface area contributed by atoms with Crippen LogP contribution in [0.3, 0.4) is 0 Å². The molecule has 0 amide bonds. The van der Waals surface area contributed by atoms with Crippen LogP contribution in [0.1, 0.15) is 16.7 Å². The van der Waals surface area contributed by atoms with Crippen molar-refractivity contribution in [2.45, 2.75) is 19.8 Å². The summed E-state index contributed by atoms with van der Waals surface area (Å²) in [5.41, 5.74) is 13.2. The first-order chi connectivity index (χ1) is 19.2. The minimum Gasteiger partial charge on any atom is -0.246 e. The van der Waals surface area contributed by atoms with Crippen molar-refractivity contribution < 1.29 is 0 Å². The molecule has 3 heteroatoms. The summed E-state index contributed by atoms with van der Waals surface area (Å²) < 4.78 is 0. The highest BCUT2D eigenvalue weighted by Crippen LogP contribution is 2.42. The van der Waals surface area contributed by atoms with Gasteiger partial charge in [-0.2, -0.15) is 0 Å². The Balaban J connectivity index is 1.53. The van der Waals surface area contributed by atoms with Crippen LogP contribution in [0, 0.1) is 6.92 Å². The van der Waals surface area contributed by atoms with Crippen molar-refractivity contribution in [3.05, 3.63) is 138 Å². The summed E-state index contributed by atoms with van der Waals surface area (Å²) in [6.45, 7) is 2.12. The van der Waals surface area contributed by atoms with Crippen LogP contribution in [0.25, 0.3) is 56.4 Å².